The Morgan fingerprint density at radius 2 is 1.39 bits per heavy atom. The lowest BCUT2D eigenvalue weighted by Crippen LogP contribution is -2.34. The zero-order chi connectivity index (χ0) is 21.2. The van der Waals surface area contributed by atoms with E-state index in [0.717, 1.165) is 36.7 Å². The quantitative estimate of drug-likeness (QED) is 0.352. The van der Waals surface area contributed by atoms with E-state index in [2.05, 4.69) is 53.8 Å². The first-order chi connectivity index (χ1) is 15.2. The van der Waals surface area contributed by atoms with Crippen molar-refractivity contribution in [2.75, 3.05) is 18.4 Å². The first-order valence-corrected chi connectivity index (χ1v) is 10.8. The van der Waals surface area contributed by atoms with Crippen LogP contribution in [0.5, 0.6) is 0 Å². The van der Waals surface area contributed by atoms with Gasteiger partial charge in [0.1, 0.15) is 0 Å². The fourth-order valence-corrected chi connectivity index (χ4v) is 4.46. The van der Waals surface area contributed by atoms with Crippen LogP contribution < -0.4 is 5.32 Å². The molecule has 0 aliphatic carbocycles. The maximum absolute atomic E-state index is 12.3. The average Bonchev–Trinajstić information content (AvgIpc) is 2.82. The van der Waals surface area contributed by atoms with Gasteiger partial charge < -0.3 is 10.2 Å². The lowest BCUT2D eigenvalue weighted by atomic mass is 9.97. The molecule has 0 bridgehead atoms. The Balaban J connectivity index is 1.37. The number of rotatable bonds is 3. The Hall–Kier alpha value is -3.66. The lowest BCUT2D eigenvalue weighted by Gasteiger charge is -2.25. The van der Waals surface area contributed by atoms with Crippen molar-refractivity contribution in [3.05, 3.63) is 78.9 Å². The van der Waals surface area contributed by atoms with Gasteiger partial charge in [0.25, 0.3) is 0 Å². The second-order valence-corrected chi connectivity index (χ2v) is 8.09. The predicted octanol–water partition coefficient (Wildman–Crippen LogP) is 5.65. The number of anilines is 1. The van der Waals surface area contributed by atoms with Crippen LogP contribution in [0.25, 0.3) is 32.3 Å². The van der Waals surface area contributed by atoms with Crippen molar-refractivity contribution < 1.29 is 9.59 Å². The van der Waals surface area contributed by atoms with Gasteiger partial charge >= 0.3 is 0 Å². The van der Waals surface area contributed by atoms with Crippen LogP contribution in [0.15, 0.2) is 78.9 Å². The Morgan fingerprint density at radius 1 is 0.710 bits per heavy atom. The van der Waals surface area contributed by atoms with Crippen LogP contribution in [-0.4, -0.2) is 29.8 Å². The summed E-state index contributed by atoms with van der Waals surface area (Å²) in [6.45, 7) is 1.55. The Bertz CT molecular complexity index is 1330. The van der Waals surface area contributed by atoms with Gasteiger partial charge in [-0.3, -0.25) is 9.59 Å². The maximum atomic E-state index is 12.3. The van der Waals surface area contributed by atoms with Crippen molar-refractivity contribution >= 4 is 49.8 Å². The molecule has 1 aliphatic rings. The number of likely N-dealkylation sites (tertiary alicyclic amines) is 1. The van der Waals surface area contributed by atoms with E-state index in [4.69, 9.17) is 0 Å². The van der Waals surface area contributed by atoms with Gasteiger partial charge in [0.2, 0.25) is 11.8 Å². The smallest absolute Gasteiger partial charge is 0.248 e. The van der Waals surface area contributed by atoms with Gasteiger partial charge in [0.05, 0.1) is 0 Å². The van der Waals surface area contributed by atoms with Crippen LogP contribution in [0, 0.1) is 0 Å². The van der Waals surface area contributed by atoms with E-state index in [1.807, 2.05) is 18.2 Å². The number of nitrogens with one attached hydrogen (secondary N) is 1. The van der Waals surface area contributed by atoms with E-state index in [0.29, 0.717) is 5.69 Å². The zero-order valence-corrected chi connectivity index (χ0v) is 17.3. The molecule has 1 fully saturated rings. The van der Waals surface area contributed by atoms with Crippen LogP contribution in [0.1, 0.15) is 19.3 Å². The highest BCUT2D eigenvalue weighted by Gasteiger charge is 2.14. The van der Waals surface area contributed by atoms with Crippen molar-refractivity contribution in [3.63, 3.8) is 0 Å². The minimum Gasteiger partial charge on any atom is -0.339 e. The number of carbonyl (C=O) groups is 2. The Kier molecular flexibility index (Phi) is 5.13. The molecule has 0 aromatic heterocycles. The summed E-state index contributed by atoms with van der Waals surface area (Å²) in [6.07, 6.45) is 5.94. The van der Waals surface area contributed by atoms with E-state index in [1.165, 1.54) is 40.1 Å². The van der Waals surface area contributed by atoms with Crippen molar-refractivity contribution in [1.29, 1.82) is 0 Å². The van der Waals surface area contributed by atoms with E-state index >= 15 is 0 Å². The van der Waals surface area contributed by atoms with Gasteiger partial charge in [0, 0.05) is 30.9 Å². The van der Waals surface area contributed by atoms with Crippen molar-refractivity contribution in [2.24, 2.45) is 0 Å². The summed E-state index contributed by atoms with van der Waals surface area (Å²) in [5, 5.41) is 9.97. The summed E-state index contributed by atoms with van der Waals surface area (Å²) < 4.78 is 0. The minimum absolute atomic E-state index is 0.0907. The molecule has 0 atom stereocenters. The second kappa shape index (κ2) is 8.23. The van der Waals surface area contributed by atoms with Crippen LogP contribution in [0.2, 0.25) is 0 Å². The van der Waals surface area contributed by atoms with Gasteiger partial charge in [0.15, 0.2) is 0 Å². The SMILES string of the molecule is O=C(/C=C/C(=O)N1CCCCC1)Nc1ccc2c(ccc3c4ccccc4ccc23)c1. The molecule has 1 N–H and O–H groups in total. The van der Waals surface area contributed by atoms with Crippen molar-refractivity contribution in [3.8, 4) is 0 Å². The Morgan fingerprint density at radius 3 is 2.19 bits per heavy atom. The fraction of sp³-hybridized carbons (Fsp3) is 0.185. The van der Waals surface area contributed by atoms with Crippen LogP contribution in [0.4, 0.5) is 5.69 Å². The molecule has 1 heterocycles. The van der Waals surface area contributed by atoms with Gasteiger partial charge in [-0.1, -0.05) is 54.6 Å². The normalized spacial score (nSPS) is 14.5. The molecular formula is C27H24N2O2. The van der Waals surface area contributed by atoms with Crippen LogP contribution >= 0.6 is 0 Å². The number of fused-ring (bicyclic) bond motifs is 5. The van der Waals surface area contributed by atoms with Gasteiger partial charge in [-0.05, 0) is 63.7 Å². The van der Waals surface area contributed by atoms with Crippen LogP contribution in [0.3, 0.4) is 0 Å². The molecule has 4 aromatic carbocycles. The summed E-state index contributed by atoms with van der Waals surface area (Å²) in [5.74, 6) is -0.386. The summed E-state index contributed by atoms with van der Waals surface area (Å²) in [7, 11) is 0. The highest BCUT2D eigenvalue weighted by Crippen LogP contribution is 2.32. The largest absolute Gasteiger partial charge is 0.339 e. The second-order valence-electron chi connectivity index (χ2n) is 8.09. The molecule has 0 radical (unpaired) electrons. The number of piperidine rings is 1. The highest BCUT2D eigenvalue weighted by atomic mass is 16.2. The molecule has 4 aromatic rings. The summed E-state index contributed by atoms with van der Waals surface area (Å²) in [6, 6.07) is 22.9. The molecule has 0 spiro atoms. The zero-order valence-electron chi connectivity index (χ0n) is 17.3. The molecule has 5 rings (SSSR count). The lowest BCUT2D eigenvalue weighted by molar-refractivity contribution is -0.127. The first-order valence-electron chi connectivity index (χ1n) is 10.8. The topological polar surface area (TPSA) is 49.4 Å². The number of hydrogen-bond donors (Lipinski definition) is 1. The maximum Gasteiger partial charge on any atom is 0.248 e. The van der Waals surface area contributed by atoms with E-state index in [9.17, 15) is 9.59 Å². The number of carbonyl (C=O) groups excluding carboxylic acids is 2. The number of benzene rings is 4. The molecular weight excluding hydrogens is 384 g/mol. The molecule has 2 amide bonds. The first kappa shape index (κ1) is 19.3. The van der Waals surface area contributed by atoms with E-state index in [1.54, 1.807) is 4.90 Å². The predicted molar refractivity (Wildman–Crippen MR) is 127 cm³/mol. The average molecular weight is 409 g/mol. The van der Waals surface area contributed by atoms with Gasteiger partial charge in [-0.25, -0.2) is 0 Å². The summed E-state index contributed by atoms with van der Waals surface area (Å²) in [5.41, 5.74) is 0.715. The standard InChI is InChI=1S/C27H24N2O2/c30-26(14-15-27(31)29-16-4-1-5-17-29)28-21-10-13-23-20(18-21)9-12-24-22-7-3-2-6-19(22)8-11-25(23)24/h2-3,6-15,18H,1,4-5,16-17H2,(H,28,30)/b15-14+. The number of nitrogens with zero attached hydrogens (tertiary/aromatic N) is 1. The molecule has 1 saturated heterocycles. The third-order valence-electron chi connectivity index (χ3n) is 6.05. The monoisotopic (exact) mass is 408 g/mol. The molecule has 31 heavy (non-hydrogen) atoms. The number of hydrogen-bond acceptors (Lipinski definition) is 2. The number of amides is 2. The molecule has 4 heteroatoms. The van der Waals surface area contributed by atoms with Crippen molar-refractivity contribution in [1.82, 2.24) is 4.90 Å². The fourth-order valence-electron chi connectivity index (χ4n) is 4.46. The van der Waals surface area contributed by atoms with E-state index in [-0.39, 0.29) is 11.8 Å². The van der Waals surface area contributed by atoms with Gasteiger partial charge in [-0.2, -0.15) is 0 Å². The third-order valence-corrected chi connectivity index (χ3v) is 6.05. The molecule has 4 nitrogen and oxygen atoms in total. The molecule has 0 unspecified atom stereocenters. The highest BCUT2D eigenvalue weighted by molar-refractivity contribution is 6.17. The molecule has 0 saturated carbocycles. The van der Waals surface area contributed by atoms with Crippen molar-refractivity contribution in [2.45, 2.75) is 19.3 Å². The molecule has 1 aliphatic heterocycles. The van der Waals surface area contributed by atoms with Crippen LogP contribution in [-0.2, 0) is 9.59 Å². The molecule has 154 valence electrons. The Labute approximate surface area is 181 Å². The minimum atomic E-state index is -0.295. The summed E-state index contributed by atoms with van der Waals surface area (Å²) in [4.78, 5) is 26.3. The third kappa shape index (κ3) is 3.89. The van der Waals surface area contributed by atoms with Gasteiger partial charge in [-0.15, -0.1) is 0 Å². The van der Waals surface area contributed by atoms with E-state index < -0.39 is 0 Å². The summed E-state index contributed by atoms with van der Waals surface area (Å²) >= 11 is 0.